The van der Waals surface area contributed by atoms with Gasteiger partial charge in [-0.15, -0.1) is 0 Å². The van der Waals surface area contributed by atoms with Crippen LogP contribution in [0.1, 0.15) is 30.7 Å². The van der Waals surface area contributed by atoms with Gasteiger partial charge in [-0.3, -0.25) is 0 Å². The van der Waals surface area contributed by atoms with Crippen molar-refractivity contribution in [1.29, 1.82) is 5.26 Å². The topological polar surface area (TPSA) is 73.6 Å². The van der Waals surface area contributed by atoms with Crippen LogP contribution in [-0.4, -0.2) is 29.1 Å². The summed E-state index contributed by atoms with van der Waals surface area (Å²) >= 11 is 0. The number of hydrogen-bond acceptors (Lipinski definition) is 5. The number of nitrogens with one attached hydrogen (secondary N) is 2. The van der Waals surface area contributed by atoms with Gasteiger partial charge in [0.05, 0.1) is 0 Å². The summed E-state index contributed by atoms with van der Waals surface area (Å²) in [4.78, 5) is 8.39. The van der Waals surface area contributed by atoms with Crippen LogP contribution < -0.4 is 10.6 Å². The first-order valence-electron chi connectivity index (χ1n) is 6.01. The molecule has 0 aliphatic carbocycles. The molecule has 1 fully saturated rings. The third-order valence-corrected chi connectivity index (χ3v) is 2.89. The van der Waals surface area contributed by atoms with E-state index in [1.165, 1.54) is 19.3 Å². The van der Waals surface area contributed by atoms with Crippen LogP contribution in [-0.2, 0) is 0 Å². The molecular weight excluding hydrogens is 214 g/mol. The molecule has 2 rings (SSSR count). The zero-order chi connectivity index (χ0) is 12.1. The van der Waals surface area contributed by atoms with Crippen LogP contribution in [0.4, 0.5) is 5.95 Å². The number of hydrogen-bond donors (Lipinski definition) is 2. The highest BCUT2D eigenvalue weighted by Gasteiger charge is 2.12. The number of aromatic nitrogens is 2. The molecule has 1 aliphatic rings. The molecule has 5 nitrogen and oxygen atoms in total. The molecule has 0 bridgehead atoms. The maximum Gasteiger partial charge on any atom is 0.224 e. The molecule has 2 N–H and O–H groups in total. The van der Waals surface area contributed by atoms with Crippen molar-refractivity contribution >= 4 is 5.95 Å². The van der Waals surface area contributed by atoms with E-state index in [4.69, 9.17) is 5.26 Å². The minimum atomic E-state index is 0.414. The van der Waals surface area contributed by atoms with E-state index in [-0.39, 0.29) is 0 Å². The summed E-state index contributed by atoms with van der Waals surface area (Å²) in [6, 6.07) is 4.21. The van der Waals surface area contributed by atoms with Crippen LogP contribution >= 0.6 is 0 Å². The van der Waals surface area contributed by atoms with Crippen molar-refractivity contribution in [3.8, 4) is 6.07 Å². The Hall–Kier alpha value is -1.67. The van der Waals surface area contributed by atoms with Gasteiger partial charge in [0.2, 0.25) is 5.95 Å². The largest absolute Gasteiger partial charge is 0.353 e. The van der Waals surface area contributed by atoms with Crippen molar-refractivity contribution in [3.63, 3.8) is 0 Å². The lowest BCUT2D eigenvalue weighted by molar-refractivity contribution is 0.413. The quantitative estimate of drug-likeness (QED) is 0.818. The van der Waals surface area contributed by atoms with Crippen molar-refractivity contribution in [2.75, 3.05) is 18.4 Å². The Labute approximate surface area is 101 Å². The van der Waals surface area contributed by atoms with Crippen molar-refractivity contribution in [1.82, 2.24) is 15.3 Å². The number of nitriles is 1. The van der Waals surface area contributed by atoms with Crippen molar-refractivity contribution in [2.45, 2.75) is 32.2 Å². The molecule has 0 amide bonds. The molecule has 1 saturated heterocycles. The summed E-state index contributed by atoms with van der Waals surface area (Å²) in [5.41, 5.74) is 1.23. The molecule has 2 heterocycles. The average Bonchev–Trinajstić information content (AvgIpc) is 2.37. The fourth-order valence-electron chi connectivity index (χ4n) is 2.02. The zero-order valence-corrected chi connectivity index (χ0v) is 10.0. The first-order valence-corrected chi connectivity index (χ1v) is 6.01. The zero-order valence-electron chi connectivity index (χ0n) is 10.0. The molecule has 1 aromatic heterocycles. The highest BCUT2D eigenvalue weighted by atomic mass is 15.1. The van der Waals surface area contributed by atoms with Crippen molar-refractivity contribution < 1.29 is 0 Å². The number of rotatable bonds is 3. The standard InChI is InChI=1S/C12H17N5/c1-9-6-11(7-13)17-12(16-9)15-8-10-4-2-3-5-14-10/h6,10,14H,2-5,8H2,1H3,(H,15,16,17). The van der Waals surface area contributed by atoms with Crippen LogP contribution in [0.15, 0.2) is 6.07 Å². The van der Waals surface area contributed by atoms with E-state index < -0.39 is 0 Å². The minimum absolute atomic E-state index is 0.414. The van der Waals surface area contributed by atoms with Gasteiger partial charge < -0.3 is 10.6 Å². The molecule has 90 valence electrons. The Kier molecular flexibility index (Phi) is 3.89. The molecule has 1 aromatic rings. The summed E-state index contributed by atoms with van der Waals surface area (Å²) in [5, 5.41) is 15.5. The van der Waals surface area contributed by atoms with Gasteiger partial charge in [0, 0.05) is 18.3 Å². The molecule has 0 spiro atoms. The summed E-state index contributed by atoms with van der Waals surface area (Å²) in [6.45, 7) is 3.77. The molecule has 1 unspecified atom stereocenters. The lowest BCUT2D eigenvalue weighted by Crippen LogP contribution is -2.39. The van der Waals surface area contributed by atoms with Gasteiger partial charge in [-0.1, -0.05) is 6.42 Å². The summed E-state index contributed by atoms with van der Waals surface area (Å²) in [7, 11) is 0. The van der Waals surface area contributed by atoms with E-state index >= 15 is 0 Å². The fourth-order valence-corrected chi connectivity index (χ4v) is 2.02. The molecule has 0 saturated carbocycles. The van der Waals surface area contributed by atoms with Gasteiger partial charge in [0.1, 0.15) is 11.8 Å². The van der Waals surface area contributed by atoms with Gasteiger partial charge in [-0.05, 0) is 32.4 Å². The van der Waals surface area contributed by atoms with Gasteiger partial charge in [-0.2, -0.15) is 5.26 Å². The predicted molar refractivity (Wildman–Crippen MR) is 65.6 cm³/mol. The summed E-state index contributed by atoms with van der Waals surface area (Å²) in [6.07, 6.45) is 3.72. The lowest BCUT2D eigenvalue weighted by Gasteiger charge is -2.23. The smallest absolute Gasteiger partial charge is 0.224 e. The Balaban J connectivity index is 1.94. The molecular formula is C12H17N5. The maximum atomic E-state index is 8.82. The predicted octanol–water partition coefficient (Wildman–Crippen LogP) is 1.21. The lowest BCUT2D eigenvalue weighted by atomic mass is 10.1. The number of aryl methyl sites for hydroxylation is 1. The number of anilines is 1. The van der Waals surface area contributed by atoms with E-state index in [1.807, 2.05) is 13.0 Å². The Morgan fingerprint density at radius 1 is 1.53 bits per heavy atom. The van der Waals surface area contributed by atoms with E-state index in [2.05, 4.69) is 20.6 Å². The first kappa shape index (κ1) is 11.8. The molecule has 0 aromatic carbocycles. The van der Waals surface area contributed by atoms with Crippen LogP contribution in [0, 0.1) is 18.3 Å². The van der Waals surface area contributed by atoms with E-state index in [0.29, 0.717) is 17.7 Å². The Morgan fingerprint density at radius 2 is 2.41 bits per heavy atom. The van der Waals surface area contributed by atoms with Crippen LogP contribution in [0.2, 0.25) is 0 Å². The third kappa shape index (κ3) is 3.40. The SMILES string of the molecule is Cc1cc(C#N)nc(NCC2CCCCN2)n1. The van der Waals surface area contributed by atoms with Crippen LogP contribution in [0.25, 0.3) is 0 Å². The normalized spacial score (nSPS) is 19.6. The number of nitrogens with zero attached hydrogens (tertiary/aromatic N) is 3. The van der Waals surface area contributed by atoms with Crippen LogP contribution in [0.5, 0.6) is 0 Å². The maximum absolute atomic E-state index is 8.82. The monoisotopic (exact) mass is 231 g/mol. The molecule has 1 atom stereocenters. The summed E-state index contributed by atoms with van der Waals surface area (Å²) in [5.74, 6) is 0.550. The Morgan fingerprint density at radius 3 is 3.12 bits per heavy atom. The first-order chi connectivity index (χ1) is 8.28. The number of piperidine rings is 1. The van der Waals surface area contributed by atoms with Crippen molar-refractivity contribution in [2.24, 2.45) is 0 Å². The van der Waals surface area contributed by atoms with Gasteiger partial charge in [-0.25, -0.2) is 9.97 Å². The minimum Gasteiger partial charge on any atom is -0.353 e. The molecule has 5 heteroatoms. The van der Waals surface area contributed by atoms with E-state index in [1.54, 1.807) is 6.07 Å². The second-order valence-corrected chi connectivity index (χ2v) is 4.36. The third-order valence-electron chi connectivity index (χ3n) is 2.89. The molecule has 17 heavy (non-hydrogen) atoms. The van der Waals surface area contributed by atoms with E-state index in [0.717, 1.165) is 18.8 Å². The van der Waals surface area contributed by atoms with Crippen molar-refractivity contribution in [3.05, 3.63) is 17.5 Å². The van der Waals surface area contributed by atoms with E-state index in [9.17, 15) is 0 Å². The highest BCUT2D eigenvalue weighted by Crippen LogP contribution is 2.08. The second-order valence-electron chi connectivity index (χ2n) is 4.36. The molecule has 0 radical (unpaired) electrons. The average molecular weight is 231 g/mol. The van der Waals surface area contributed by atoms with Crippen LogP contribution in [0.3, 0.4) is 0 Å². The van der Waals surface area contributed by atoms with Gasteiger partial charge >= 0.3 is 0 Å². The Bertz CT molecular complexity index is 417. The summed E-state index contributed by atoms with van der Waals surface area (Å²) < 4.78 is 0. The highest BCUT2D eigenvalue weighted by molar-refractivity contribution is 5.33. The molecule has 1 aliphatic heterocycles. The fraction of sp³-hybridized carbons (Fsp3) is 0.583. The van der Waals surface area contributed by atoms with Gasteiger partial charge in [0.25, 0.3) is 0 Å². The second kappa shape index (κ2) is 5.60. The van der Waals surface area contributed by atoms with Gasteiger partial charge in [0.15, 0.2) is 0 Å².